The fourth-order valence-corrected chi connectivity index (χ4v) is 6.15. The van der Waals surface area contributed by atoms with Crippen molar-refractivity contribution in [3.8, 4) is 0 Å². The van der Waals surface area contributed by atoms with E-state index < -0.39 is 23.4 Å². The first-order valence-electron chi connectivity index (χ1n) is 11.8. The molecule has 5 N–H and O–H groups in total. The van der Waals surface area contributed by atoms with Crippen molar-refractivity contribution in [2.75, 3.05) is 12.3 Å². The van der Waals surface area contributed by atoms with Crippen molar-refractivity contribution in [2.24, 2.45) is 5.73 Å². The van der Waals surface area contributed by atoms with Crippen LogP contribution >= 0.6 is 11.8 Å². The molecule has 3 unspecified atom stereocenters. The second-order valence-corrected chi connectivity index (χ2v) is 10.3. The number of piperazine rings is 1. The second kappa shape index (κ2) is 10.7. The van der Waals surface area contributed by atoms with Gasteiger partial charge in [0.2, 0.25) is 5.91 Å². The number of hydroxylamine groups is 2. The Morgan fingerprint density at radius 3 is 2.67 bits per heavy atom. The minimum atomic E-state index is -0.586. The molecule has 0 aliphatic carbocycles. The maximum atomic E-state index is 12.1. The van der Waals surface area contributed by atoms with Gasteiger partial charge in [0.05, 0.1) is 11.7 Å². The zero-order chi connectivity index (χ0) is 23.4. The van der Waals surface area contributed by atoms with Crippen LogP contribution < -0.4 is 21.7 Å². The standard InChI is InChI=1S/C21H33N5O6S/c22-21-13(24-19-20(25-21)31-19)12-33-14(21)6-3-4-7-15(27)23-11-5-1-2-8-18(30)32-26-16(28)9-10-17(26)29/h13-14,19-20,24-25H,1-12,22H2,(H,23,27)/t13-,14?,19?,20?,21-/m0/s1. The van der Waals surface area contributed by atoms with E-state index in [1.165, 1.54) is 0 Å². The highest BCUT2D eigenvalue weighted by molar-refractivity contribution is 8.00. The van der Waals surface area contributed by atoms with E-state index in [2.05, 4.69) is 16.0 Å². The van der Waals surface area contributed by atoms with Crippen LogP contribution in [-0.2, 0) is 28.8 Å². The van der Waals surface area contributed by atoms with Gasteiger partial charge in [-0.15, -0.1) is 5.06 Å². The number of hydrogen-bond donors (Lipinski definition) is 4. The number of thioether (sulfide) groups is 1. The van der Waals surface area contributed by atoms with Gasteiger partial charge in [-0.2, -0.15) is 11.8 Å². The van der Waals surface area contributed by atoms with Crippen molar-refractivity contribution in [3.63, 3.8) is 0 Å². The fraction of sp³-hybridized carbons (Fsp3) is 0.810. The number of unbranched alkanes of at least 4 members (excludes halogenated alkanes) is 3. The smallest absolute Gasteiger partial charge is 0.333 e. The Kier molecular flexibility index (Phi) is 7.90. The third kappa shape index (κ3) is 6.04. The molecule has 33 heavy (non-hydrogen) atoms. The largest absolute Gasteiger partial charge is 0.356 e. The number of nitrogens with zero attached hydrogens (tertiary/aromatic N) is 1. The lowest BCUT2D eigenvalue weighted by atomic mass is 9.93. The molecule has 0 aromatic heterocycles. The molecule has 4 fully saturated rings. The lowest BCUT2D eigenvalue weighted by molar-refractivity contribution is -0.197. The average Bonchev–Trinajstić information content (AvgIpc) is 3.36. The van der Waals surface area contributed by atoms with Gasteiger partial charge in [-0.25, -0.2) is 4.79 Å². The summed E-state index contributed by atoms with van der Waals surface area (Å²) in [5.41, 5.74) is 6.18. The molecule has 0 saturated carbocycles. The van der Waals surface area contributed by atoms with Crippen molar-refractivity contribution in [2.45, 2.75) is 93.6 Å². The van der Waals surface area contributed by atoms with Gasteiger partial charge < -0.3 is 20.6 Å². The van der Waals surface area contributed by atoms with Crippen LogP contribution in [0.1, 0.15) is 64.2 Å². The number of ether oxygens (including phenoxy) is 1. The van der Waals surface area contributed by atoms with E-state index in [9.17, 15) is 19.2 Å². The van der Waals surface area contributed by atoms with Crippen LogP contribution in [0.5, 0.6) is 0 Å². The normalized spacial score (nSPS) is 32.5. The molecule has 11 nitrogen and oxygen atoms in total. The highest BCUT2D eigenvalue weighted by Crippen LogP contribution is 2.41. The first-order chi connectivity index (χ1) is 15.9. The van der Waals surface area contributed by atoms with Gasteiger partial charge in [0.1, 0.15) is 0 Å². The number of rotatable bonds is 12. The number of carbonyl (C=O) groups excluding carboxylic acids is 4. The summed E-state index contributed by atoms with van der Waals surface area (Å²) in [5.74, 6) is -0.534. The molecule has 12 heteroatoms. The molecule has 184 valence electrons. The maximum Gasteiger partial charge on any atom is 0.333 e. The number of nitrogens with two attached hydrogens (primary N) is 1. The fourth-order valence-electron chi connectivity index (χ4n) is 4.52. The summed E-state index contributed by atoms with van der Waals surface area (Å²) in [6, 6.07) is 0.214. The third-order valence-corrected chi connectivity index (χ3v) is 8.08. The van der Waals surface area contributed by atoms with E-state index in [-0.39, 0.29) is 43.7 Å². The van der Waals surface area contributed by atoms with Gasteiger partial charge in [0, 0.05) is 43.2 Å². The molecule has 3 amide bonds. The monoisotopic (exact) mass is 483 g/mol. The molecule has 0 aromatic carbocycles. The number of imide groups is 1. The second-order valence-electron chi connectivity index (χ2n) is 9.05. The molecule has 0 bridgehead atoms. The number of fused-ring (bicyclic) bond motifs is 2. The van der Waals surface area contributed by atoms with Gasteiger partial charge in [-0.1, -0.05) is 12.8 Å². The van der Waals surface area contributed by atoms with Crippen LogP contribution in [-0.4, -0.2) is 70.5 Å². The summed E-state index contributed by atoms with van der Waals surface area (Å²) in [6.07, 6.45) is 5.71. The topological polar surface area (TPSA) is 155 Å². The third-order valence-electron chi connectivity index (χ3n) is 6.52. The Bertz CT molecular complexity index is 768. The minimum Gasteiger partial charge on any atom is -0.356 e. The highest BCUT2D eigenvalue weighted by Gasteiger charge is 2.59. The molecule has 4 saturated heterocycles. The molecule has 0 spiro atoms. The number of nitrogens with one attached hydrogen (secondary N) is 3. The van der Waals surface area contributed by atoms with Crippen molar-refractivity contribution >= 4 is 35.5 Å². The molecule has 0 radical (unpaired) electrons. The van der Waals surface area contributed by atoms with Gasteiger partial charge in [-0.05, 0) is 25.7 Å². The summed E-state index contributed by atoms with van der Waals surface area (Å²) in [6.45, 7) is 0.557. The van der Waals surface area contributed by atoms with E-state index >= 15 is 0 Å². The van der Waals surface area contributed by atoms with Crippen LogP contribution in [0, 0.1) is 0 Å². The van der Waals surface area contributed by atoms with Crippen LogP contribution in [0.25, 0.3) is 0 Å². The predicted molar refractivity (Wildman–Crippen MR) is 119 cm³/mol. The zero-order valence-electron chi connectivity index (χ0n) is 18.7. The summed E-state index contributed by atoms with van der Waals surface area (Å²) in [5, 5.41) is 10.7. The summed E-state index contributed by atoms with van der Waals surface area (Å²) in [7, 11) is 0. The van der Waals surface area contributed by atoms with Crippen LogP contribution in [0.15, 0.2) is 0 Å². The lowest BCUT2D eigenvalue weighted by Crippen LogP contribution is -2.73. The van der Waals surface area contributed by atoms with E-state index in [4.69, 9.17) is 15.3 Å². The Labute approximate surface area is 197 Å². The van der Waals surface area contributed by atoms with E-state index in [1.807, 2.05) is 11.8 Å². The zero-order valence-corrected chi connectivity index (χ0v) is 19.5. The number of hydrogen-bond acceptors (Lipinski definition) is 10. The lowest BCUT2D eigenvalue weighted by Gasteiger charge is -2.39. The maximum absolute atomic E-state index is 12.1. The quantitative estimate of drug-likeness (QED) is 0.167. The molecule has 4 rings (SSSR count). The Morgan fingerprint density at radius 1 is 1.12 bits per heavy atom. The van der Waals surface area contributed by atoms with Gasteiger partial charge in [0.15, 0.2) is 12.5 Å². The SMILES string of the molecule is N[C@]12NC3OC3N[C@H]1CSC2CCCCC(=O)NCCCCCC(=O)ON1C(=O)CCC1=O. The number of carbonyl (C=O) groups is 4. The van der Waals surface area contributed by atoms with Crippen molar-refractivity contribution < 1.29 is 28.8 Å². The molecule has 0 aromatic rings. The van der Waals surface area contributed by atoms with Gasteiger partial charge >= 0.3 is 5.97 Å². The van der Waals surface area contributed by atoms with Crippen LogP contribution in [0.3, 0.4) is 0 Å². The van der Waals surface area contributed by atoms with E-state index in [0.29, 0.717) is 29.7 Å². The molecule has 4 heterocycles. The Balaban J connectivity index is 0.994. The van der Waals surface area contributed by atoms with E-state index in [1.54, 1.807) is 0 Å². The summed E-state index contributed by atoms with van der Waals surface area (Å²) >= 11 is 1.89. The first kappa shape index (κ1) is 24.4. The Hall–Kier alpha value is -1.73. The first-order valence-corrected chi connectivity index (χ1v) is 12.8. The summed E-state index contributed by atoms with van der Waals surface area (Å²) < 4.78 is 5.48. The number of amides is 3. The van der Waals surface area contributed by atoms with Crippen LogP contribution in [0.2, 0.25) is 0 Å². The van der Waals surface area contributed by atoms with Crippen molar-refractivity contribution in [1.82, 2.24) is 21.0 Å². The van der Waals surface area contributed by atoms with Gasteiger partial charge in [-0.3, -0.25) is 25.0 Å². The molecular weight excluding hydrogens is 450 g/mol. The summed E-state index contributed by atoms with van der Waals surface area (Å²) in [4.78, 5) is 51.4. The Morgan fingerprint density at radius 2 is 1.88 bits per heavy atom. The minimum absolute atomic E-state index is 0.0300. The van der Waals surface area contributed by atoms with Gasteiger partial charge in [0.25, 0.3) is 11.8 Å². The van der Waals surface area contributed by atoms with Crippen molar-refractivity contribution in [1.29, 1.82) is 0 Å². The number of epoxide rings is 1. The average molecular weight is 484 g/mol. The molecular formula is C21H33N5O6S. The molecule has 4 aliphatic heterocycles. The predicted octanol–water partition coefficient (Wildman–Crippen LogP) is -0.155. The van der Waals surface area contributed by atoms with E-state index in [0.717, 1.165) is 37.9 Å². The van der Waals surface area contributed by atoms with Crippen LogP contribution in [0.4, 0.5) is 0 Å². The molecule has 5 atom stereocenters. The highest BCUT2D eigenvalue weighted by atomic mass is 32.2. The van der Waals surface area contributed by atoms with Crippen molar-refractivity contribution in [3.05, 3.63) is 0 Å². The molecule has 4 aliphatic rings.